The predicted octanol–water partition coefficient (Wildman–Crippen LogP) is 2.35. The average molecular weight is 431 g/mol. The molecule has 0 N–H and O–H groups in total. The van der Waals surface area contributed by atoms with Crippen molar-refractivity contribution in [1.82, 2.24) is 4.31 Å². The third-order valence-corrected chi connectivity index (χ3v) is 6.92. The van der Waals surface area contributed by atoms with E-state index in [1.54, 1.807) is 0 Å². The summed E-state index contributed by atoms with van der Waals surface area (Å²) >= 11 is 10.5. The fraction of sp³-hybridized carbons (Fsp3) is 0.417. The molecule has 0 radical (unpaired) electrons. The molecule has 1 unspecified atom stereocenters. The summed E-state index contributed by atoms with van der Waals surface area (Å²) in [7, 11) is -1.37. The van der Waals surface area contributed by atoms with Gasteiger partial charge in [-0.3, -0.25) is 4.79 Å². The van der Waals surface area contributed by atoms with Gasteiger partial charge in [-0.1, -0.05) is 11.6 Å². The first-order valence-electron chi connectivity index (χ1n) is 6.03. The van der Waals surface area contributed by atoms with Gasteiger partial charge in [-0.05, 0) is 28.1 Å². The maximum absolute atomic E-state index is 12.9. The number of benzene rings is 1. The number of hydrogen-bond acceptors (Lipinski definition) is 6. The lowest BCUT2D eigenvalue weighted by molar-refractivity contribution is -0.143. The van der Waals surface area contributed by atoms with Crippen molar-refractivity contribution in [3.05, 3.63) is 21.6 Å². The van der Waals surface area contributed by atoms with E-state index in [9.17, 15) is 13.2 Å². The average Bonchev–Trinajstić information content (AvgIpc) is 2.95. The molecule has 0 bridgehead atoms. The van der Waals surface area contributed by atoms with Crippen LogP contribution in [-0.4, -0.2) is 50.6 Å². The van der Waals surface area contributed by atoms with Crippen molar-refractivity contribution in [2.45, 2.75) is 10.9 Å². The van der Waals surface area contributed by atoms with Gasteiger partial charge in [0.1, 0.15) is 10.9 Å². The number of carbonyl (C=O) groups is 1. The van der Waals surface area contributed by atoms with Gasteiger partial charge in [-0.15, -0.1) is 11.8 Å². The highest BCUT2D eigenvalue weighted by molar-refractivity contribution is 9.10. The van der Waals surface area contributed by atoms with Gasteiger partial charge in [-0.2, -0.15) is 4.31 Å². The summed E-state index contributed by atoms with van der Waals surface area (Å²) < 4.78 is 37.1. The first-order chi connectivity index (χ1) is 10.3. The largest absolute Gasteiger partial charge is 0.494 e. The van der Waals surface area contributed by atoms with Crippen LogP contribution in [0.25, 0.3) is 0 Å². The molecule has 1 aliphatic rings. The fourth-order valence-electron chi connectivity index (χ4n) is 2.04. The number of methoxy groups -OCH3 is 2. The molecule has 1 aromatic rings. The lowest BCUT2D eigenvalue weighted by Crippen LogP contribution is -2.42. The molecule has 0 saturated carbocycles. The Bertz CT molecular complexity index is 697. The fourth-order valence-corrected chi connectivity index (χ4v) is 6.54. The van der Waals surface area contributed by atoms with Gasteiger partial charge in [-0.25, -0.2) is 8.42 Å². The second-order valence-corrected chi connectivity index (χ2v) is 8.50. The summed E-state index contributed by atoms with van der Waals surface area (Å²) in [5, 5.41) is 0.243. The van der Waals surface area contributed by atoms with Crippen LogP contribution in [0.4, 0.5) is 0 Å². The van der Waals surface area contributed by atoms with Crippen LogP contribution in [0.3, 0.4) is 0 Å². The van der Waals surface area contributed by atoms with Gasteiger partial charge in [0.15, 0.2) is 5.75 Å². The lowest BCUT2D eigenvalue weighted by Gasteiger charge is -2.22. The third-order valence-electron chi connectivity index (χ3n) is 3.08. The van der Waals surface area contributed by atoms with Gasteiger partial charge in [0.25, 0.3) is 0 Å². The summed E-state index contributed by atoms with van der Waals surface area (Å²) in [6.07, 6.45) is 0. The van der Waals surface area contributed by atoms with E-state index in [0.717, 1.165) is 4.31 Å². The van der Waals surface area contributed by atoms with E-state index in [0.29, 0.717) is 10.2 Å². The Balaban J connectivity index is 2.53. The highest BCUT2D eigenvalue weighted by Crippen LogP contribution is 2.39. The molecular formula is C12H13BrClNO5S2. The molecule has 1 saturated heterocycles. The molecule has 1 aliphatic heterocycles. The molecule has 0 aromatic heterocycles. The molecule has 6 nitrogen and oxygen atoms in total. The monoisotopic (exact) mass is 429 g/mol. The number of nitrogens with zero attached hydrogens (tertiary/aromatic N) is 1. The van der Waals surface area contributed by atoms with Gasteiger partial charge < -0.3 is 9.47 Å². The second kappa shape index (κ2) is 6.96. The zero-order valence-electron chi connectivity index (χ0n) is 11.7. The first-order valence-corrected chi connectivity index (χ1v) is 9.80. The second-order valence-electron chi connectivity index (χ2n) is 4.35. The van der Waals surface area contributed by atoms with Crippen molar-refractivity contribution < 1.29 is 22.7 Å². The molecule has 10 heteroatoms. The van der Waals surface area contributed by atoms with E-state index in [1.807, 2.05) is 0 Å². The SMILES string of the molecule is COC(=O)C1CSCN1S(=O)(=O)c1cc(Cl)cc(Br)c1OC. The number of esters is 1. The standard InChI is InChI=1S/C12H13BrClNO5S2/c1-19-11-8(13)3-7(14)4-10(11)22(17,18)15-6-21-5-9(15)12(16)20-2/h3-4,9H,5-6H2,1-2H3. The quantitative estimate of drug-likeness (QED) is 0.683. The number of rotatable bonds is 4. The van der Waals surface area contributed by atoms with Crippen molar-refractivity contribution in [1.29, 1.82) is 0 Å². The van der Waals surface area contributed by atoms with E-state index in [1.165, 1.54) is 38.1 Å². The van der Waals surface area contributed by atoms with E-state index in [-0.39, 0.29) is 21.5 Å². The molecule has 1 atom stereocenters. The number of thioether (sulfide) groups is 1. The number of carbonyl (C=O) groups excluding carboxylic acids is 1. The Morgan fingerprint density at radius 3 is 2.73 bits per heavy atom. The van der Waals surface area contributed by atoms with E-state index >= 15 is 0 Å². The van der Waals surface area contributed by atoms with Gasteiger partial charge in [0, 0.05) is 10.8 Å². The summed E-state index contributed by atoms with van der Waals surface area (Å²) in [6, 6.07) is 1.98. The van der Waals surface area contributed by atoms with Crippen molar-refractivity contribution in [2.75, 3.05) is 25.8 Å². The minimum atomic E-state index is -3.96. The summed E-state index contributed by atoms with van der Waals surface area (Å²) in [5.41, 5.74) is 0. The molecule has 22 heavy (non-hydrogen) atoms. The molecule has 122 valence electrons. The smallest absolute Gasteiger partial charge is 0.325 e. The molecule has 1 fully saturated rings. The molecule has 1 aromatic carbocycles. The van der Waals surface area contributed by atoms with Crippen LogP contribution >= 0.6 is 39.3 Å². The van der Waals surface area contributed by atoms with Gasteiger partial charge >= 0.3 is 5.97 Å². The third kappa shape index (κ3) is 3.23. The van der Waals surface area contributed by atoms with E-state index < -0.39 is 22.0 Å². The van der Waals surface area contributed by atoms with Crippen LogP contribution in [0.1, 0.15) is 0 Å². The van der Waals surface area contributed by atoms with Crippen LogP contribution in [0.2, 0.25) is 5.02 Å². The molecule has 0 amide bonds. The van der Waals surface area contributed by atoms with Crippen LogP contribution in [-0.2, 0) is 19.6 Å². The Kier molecular flexibility index (Phi) is 5.65. The van der Waals surface area contributed by atoms with Crippen molar-refractivity contribution in [3.8, 4) is 5.75 Å². The zero-order valence-corrected chi connectivity index (χ0v) is 15.7. The highest BCUT2D eigenvalue weighted by atomic mass is 79.9. The van der Waals surface area contributed by atoms with Gasteiger partial charge in [0.2, 0.25) is 10.0 Å². The summed E-state index contributed by atoms with van der Waals surface area (Å²) in [5.74, 6) is 0.0595. The molecular weight excluding hydrogens is 418 g/mol. The Morgan fingerprint density at radius 1 is 1.45 bits per heavy atom. The number of halogens is 2. The zero-order chi connectivity index (χ0) is 16.5. The minimum absolute atomic E-state index is 0.0919. The van der Waals surface area contributed by atoms with Gasteiger partial charge in [0.05, 0.1) is 24.6 Å². The van der Waals surface area contributed by atoms with Crippen molar-refractivity contribution in [2.24, 2.45) is 0 Å². The van der Waals surface area contributed by atoms with Crippen molar-refractivity contribution in [3.63, 3.8) is 0 Å². The first kappa shape index (κ1) is 17.9. The predicted molar refractivity (Wildman–Crippen MR) is 87.9 cm³/mol. The van der Waals surface area contributed by atoms with Crippen LogP contribution in [0.5, 0.6) is 5.75 Å². The van der Waals surface area contributed by atoms with Crippen LogP contribution in [0, 0.1) is 0 Å². The summed E-state index contributed by atoms with van der Waals surface area (Å²) in [4.78, 5) is 11.7. The lowest BCUT2D eigenvalue weighted by atomic mass is 10.3. The topological polar surface area (TPSA) is 72.9 Å². The molecule has 2 rings (SSSR count). The van der Waals surface area contributed by atoms with Crippen LogP contribution < -0.4 is 4.74 Å². The maximum atomic E-state index is 12.9. The molecule has 0 spiro atoms. The molecule has 1 heterocycles. The highest BCUT2D eigenvalue weighted by Gasteiger charge is 2.42. The molecule has 0 aliphatic carbocycles. The Hall–Kier alpha value is -0.480. The minimum Gasteiger partial charge on any atom is -0.494 e. The van der Waals surface area contributed by atoms with E-state index in [2.05, 4.69) is 20.7 Å². The summed E-state index contributed by atoms with van der Waals surface area (Å²) in [6.45, 7) is 0. The van der Waals surface area contributed by atoms with Crippen LogP contribution in [0.15, 0.2) is 21.5 Å². The van der Waals surface area contributed by atoms with Crippen molar-refractivity contribution >= 4 is 55.3 Å². The number of hydrogen-bond donors (Lipinski definition) is 0. The maximum Gasteiger partial charge on any atom is 0.325 e. The number of ether oxygens (including phenoxy) is 2. The Morgan fingerprint density at radius 2 is 2.14 bits per heavy atom. The Labute approximate surface area is 146 Å². The van der Waals surface area contributed by atoms with E-state index in [4.69, 9.17) is 16.3 Å². The number of sulfonamides is 1. The normalized spacial score (nSPS) is 19.2.